The maximum absolute atomic E-state index is 6.73. The Hall–Kier alpha value is -7.41. The van der Waals surface area contributed by atoms with Crippen LogP contribution in [0.15, 0.2) is 186 Å². The van der Waals surface area contributed by atoms with Gasteiger partial charge in [-0.2, -0.15) is 0 Å². The van der Waals surface area contributed by atoms with E-state index in [2.05, 4.69) is 156 Å². The number of rotatable bonds is 5. The van der Waals surface area contributed by atoms with Crippen molar-refractivity contribution >= 4 is 75.3 Å². The Morgan fingerprint density at radius 2 is 1.02 bits per heavy atom. The predicted octanol–water partition coefficient (Wildman–Crippen LogP) is 13.9. The van der Waals surface area contributed by atoms with Crippen molar-refractivity contribution < 1.29 is 4.42 Å². The lowest BCUT2D eigenvalue weighted by molar-refractivity contribution is 0.668. The highest BCUT2D eigenvalue weighted by Crippen LogP contribution is 2.42. The minimum Gasteiger partial charge on any atom is -0.456 e. The minimum absolute atomic E-state index is 0.596. The lowest BCUT2D eigenvalue weighted by Gasteiger charge is -2.11. The fraction of sp³-hybridized carbons (Fsp3) is 0. The molecular formula is C51H30N4OS. The van der Waals surface area contributed by atoms with Gasteiger partial charge in [-0.15, -0.1) is 11.3 Å². The van der Waals surface area contributed by atoms with Gasteiger partial charge in [0.25, 0.3) is 0 Å². The molecule has 6 heteroatoms. The Morgan fingerprint density at radius 1 is 0.404 bits per heavy atom. The van der Waals surface area contributed by atoms with E-state index in [1.165, 1.54) is 42.9 Å². The Morgan fingerprint density at radius 3 is 1.84 bits per heavy atom. The number of thiophene rings is 1. The molecule has 0 radical (unpaired) electrons. The quantitative estimate of drug-likeness (QED) is 0.176. The van der Waals surface area contributed by atoms with Crippen molar-refractivity contribution in [2.75, 3.05) is 0 Å². The van der Waals surface area contributed by atoms with E-state index in [1.54, 1.807) is 11.3 Å². The fourth-order valence-electron chi connectivity index (χ4n) is 8.45. The first kappa shape index (κ1) is 31.9. The first-order chi connectivity index (χ1) is 28.2. The van der Waals surface area contributed by atoms with E-state index in [9.17, 15) is 0 Å². The highest BCUT2D eigenvalue weighted by Gasteiger charge is 2.20. The Kier molecular flexibility index (Phi) is 7.03. The molecule has 0 fully saturated rings. The maximum Gasteiger partial charge on any atom is 0.165 e. The molecule has 4 heterocycles. The summed E-state index contributed by atoms with van der Waals surface area (Å²) in [6.07, 6.45) is 0. The number of para-hydroxylation sites is 2. The predicted molar refractivity (Wildman–Crippen MR) is 236 cm³/mol. The van der Waals surface area contributed by atoms with Crippen LogP contribution in [0.3, 0.4) is 0 Å². The van der Waals surface area contributed by atoms with E-state index in [-0.39, 0.29) is 0 Å². The van der Waals surface area contributed by atoms with Gasteiger partial charge < -0.3 is 8.98 Å². The van der Waals surface area contributed by atoms with Gasteiger partial charge in [0.05, 0.1) is 11.0 Å². The summed E-state index contributed by atoms with van der Waals surface area (Å²) in [6, 6.07) is 63.8. The number of aromatic nitrogens is 4. The summed E-state index contributed by atoms with van der Waals surface area (Å²) >= 11 is 1.77. The largest absolute Gasteiger partial charge is 0.456 e. The van der Waals surface area contributed by atoms with Crippen molar-refractivity contribution in [1.82, 2.24) is 19.5 Å². The molecule has 0 aliphatic rings. The van der Waals surface area contributed by atoms with Crippen LogP contribution in [0.1, 0.15) is 0 Å². The van der Waals surface area contributed by atoms with Gasteiger partial charge in [0, 0.05) is 75.7 Å². The number of hydrogen-bond acceptors (Lipinski definition) is 5. The number of hydrogen-bond donors (Lipinski definition) is 0. The number of nitrogens with zero attached hydrogens (tertiary/aromatic N) is 4. The SMILES string of the molecule is c1ccc(-c2nc(-c3ccc4c(c3)oc3cc(-n5c6ccccc6c6cccc(-c7ccccc7)c65)ccc34)nc(-c3cccc4c3sc3ccccc34)n2)cc1. The highest BCUT2D eigenvalue weighted by atomic mass is 32.1. The standard InChI is InChI=1S/C51H30N4OS/c1-3-13-31(14-4-1)35-19-11-20-40-36-17-7-9-23-43(36)55(47(35)40)34-26-28-38-37-27-25-33(29-44(37)56-45(38)30-34)50-52-49(32-15-5-2-6-16-32)53-51(54-50)42-22-12-21-41-39-18-8-10-24-46(39)57-48(41)42/h1-30H. The molecule has 266 valence electrons. The summed E-state index contributed by atoms with van der Waals surface area (Å²) in [5, 5.41) is 6.98. The molecule has 4 aromatic heterocycles. The molecule has 0 aliphatic heterocycles. The second-order valence-corrected chi connectivity index (χ2v) is 15.4. The molecule has 0 amide bonds. The fourth-order valence-corrected chi connectivity index (χ4v) is 9.66. The summed E-state index contributed by atoms with van der Waals surface area (Å²) in [5.74, 6) is 1.87. The molecular weight excluding hydrogens is 717 g/mol. The molecule has 57 heavy (non-hydrogen) atoms. The normalized spacial score (nSPS) is 11.9. The molecule has 5 nitrogen and oxygen atoms in total. The molecule has 0 bridgehead atoms. The van der Waals surface area contributed by atoms with Crippen LogP contribution in [0, 0.1) is 0 Å². The van der Waals surface area contributed by atoms with Crippen molar-refractivity contribution in [3.8, 4) is 51.0 Å². The summed E-state index contributed by atoms with van der Waals surface area (Å²) in [6.45, 7) is 0. The topological polar surface area (TPSA) is 56.7 Å². The van der Waals surface area contributed by atoms with Gasteiger partial charge in [0.15, 0.2) is 17.5 Å². The van der Waals surface area contributed by atoms with Gasteiger partial charge in [-0.1, -0.05) is 133 Å². The van der Waals surface area contributed by atoms with Crippen LogP contribution in [-0.4, -0.2) is 19.5 Å². The first-order valence-electron chi connectivity index (χ1n) is 19.0. The van der Waals surface area contributed by atoms with Crippen LogP contribution in [0.2, 0.25) is 0 Å². The third kappa shape index (κ3) is 5.04. The van der Waals surface area contributed by atoms with Gasteiger partial charge in [-0.05, 0) is 48.0 Å². The van der Waals surface area contributed by atoms with E-state index < -0.39 is 0 Å². The highest BCUT2D eigenvalue weighted by molar-refractivity contribution is 7.26. The second kappa shape index (κ2) is 12.6. The van der Waals surface area contributed by atoms with Gasteiger partial charge in [0.2, 0.25) is 0 Å². The summed E-state index contributed by atoms with van der Waals surface area (Å²) < 4.78 is 11.5. The van der Waals surface area contributed by atoms with Crippen molar-refractivity contribution in [2.24, 2.45) is 0 Å². The zero-order valence-corrected chi connectivity index (χ0v) is 31.2. The molecule has 0 unspecified atom stereocenters. The molecule has 0 saturated carbocycles. The summed E-state index contributed by atoms with van der Waals surface area (Å²) in [5.41, 5.74) is 10.1. The lowest BCUT2D eigenvalue weighted by atomic mass is 10.0. The molecule has 0 atom stereocenters. The van der Waals surface area contributed by atoms with Gasteiger partial charge in [-0.3, -0.25) is 0 Å². The van der Waals surface area contributed by atoms with Crippen molar-refractivity contribution in [3.05, 3.63) is 182 Å². The Bertz CT molecular complexity index is 3530. The summed E-state index contributed by atoms with van der Waals surface area (Å²) in [4.78, 5) is 15.3. The van der Waals surface area contributed by atoms with Gasteiger partial charge in [0.1, 0.15) is 11.2 Å². The summed E-state index contributed by atoms with van der Waals surface area (Å²) in [7, 11) is 0. The lowest BCUT2D eigenvalue weighted by Crippen LogP contribution is -2.00. The molecule has 0 saturated heterocycles. The Balaban J connectivity index is 1.02. The Labute approximate surface area is 330 Å². The van der Waals surface area contributed by atoms with E-state index in [1.807, 2.05) is 30.3 Å². The molecule has 12 rings (SSSR count). The van der Waals surface area contributed by atoms with Crippen LogP contribution in [0.25, 0.3) is 115 Å². The maximum atomic E-state index is 6.73. The first-order valence-corrected chi connectivity index (χ1v) is 19.8. The molecule has 0 spiro atoms. The third-order valence-electron chi connectivity index (χ3n) is 11.1. The van der Waals surface area contributed by atoms with Crippen LogP contribution < -0.4 is 0 Å². The van der Waals surface area contributed by atoms with Crippen LogP contribution in [0.5, 0.6) is 0 Å². The van der Waals surface area contributed by atoms with Gasteiger partial charge in [-0.25, -0.2) is 15.0 Å². The third-order valence-corrected chi connectivity index (χ3v) is 12.3. The average molecular weight is 747 g/mol. The molecule has 8 aromatic carbocycles. The molecule has 0 aliphatic carbocycles. The van der Waals surface area contributed by atoms with Crippen molar-refractivity contribution in [1.29, 1.82) is 0 Å². The zero-order chi connectivity index (χ0) is 37.5. The van der Waals surface area contributed by atoms with Crippen molar-refractivity contribution in [3.63, 3.8) is 0 Å². The minimum atomic E-state index is 0.596. The van der Waals surface area contributed by atoms with Crippen LogP contribution >= 0.6 is 11.3 Å². The molecule has 12 aromatic rings. The van der Waals surface area contributed by atoms with E-state index in [0.29, 0.717) is 17.5 Å². The van der Waals surface area contributed by atoms with Crippen LogP contribution in [0.4, 0.5) is 0 Å². The number of fused-ring (bicyclic) bond motifs is 9. The van der Waals surface area contributed by atoms with E-state index in [4.69, 9.17) is 19.4 Å². The molecule has 0 N–H and O–H groups in total. The zero-order valence-electron chi connectivity index (χ0n) is 30.4. The number of furan rings is 1. The van der Waals surface area contributed by atoms with E-state index >= 15 is 0 Å². The van der Waals surface area contributed by atoms with Crippen molar-refractivity contribution in [2.45, 2.75) is 0 Å². The second-order valence-electron chi connectivity index (χ2n) is 14.4. The van der Waals surface area contributed by atoms with Gasteiger partial charge >= 0.3 is 0 Å². The number of benzene rings is 8. The smallest absolute Gasteiger partial charge is 0.165 e. The monoisotopic (exact) mass is 746 g/mol. The van der Waals surface area contributed by atoms with Crippen LogP contribution in [-0.2, 0) is 0 Å². The van der Waals surface area contributed by atoms with E-state index in [0.717, 1.165) is 54.5 Å². The average Bonchev–Trinajstić information content (AvgIpc) is 3.96.